The van der Waals surface area contributed by atoms with Crippen molar-refractivity contribution in [1.82, 2.24) is 4.31 Å². The van der Waals surface area contributed by atoms with E-state index in [-0.39, 0.29) is 11.6 Å². The van der Waals surface area contributed by atoms with Gasteiger partial charge >= 0.3 is 5.97 Å². The minimum absolute atomic E-state index is 0.206. The highest BCUT2D eigenvalue weighted by Gasteiger charge is 2.19. The number of fused-ring (bicyclic) bond motifs is 1. The summed E-state index contributed by atoms with van der Waals surface area (Å²) in [5.74, 6) is -0.422. The molecule has 3 aromatic carbocycles. The Labute approximate surface area is 197 Å². The second-order valence-corrected chi connectivity index (χ2v) is 8.89. The molecule has 0 N–H and O–H groups in total. The number of ether oxygens (including phenoxy) is 1. The Balaban J connectivity index is 1.58. The van der Waals surface area contributed by atoms with Gasteiger partial charge in [0, 0.05) is 34.5 Å². The lowest BCUT2D eigenvalue weighted by atomic mass is 10.1. The quantitative estimate of drug-likeness (QED) is 0.201. The Morgan fingerprint density at radius 3 is 2.58 bits per heavy atom. The van der Waals surface area contributed by atoms with Crippen molar-refractivity contribution in [3.63, 3.8) is 0 Å². The average Bonchev–Trinajstić information content (AvgIpc) is 3.16. The smallest absolute Gasteiger partial charge is 0.374 e. The van der Waals surface area contributed by atoms with Gasteiger partial charge in [-0.1, -0.05) is 48.5 Å². The first-order valence-electron chi connectivity index (χ1n) is 11.0. The second kappa shape index (κ2) is 10.7. The molecule has 0 saturated carbocycles. The van der Waals surface area contributed by atoms with Crippen LogP contribution in [0.3, 0.4) is 0 Å². The van der Waals surface area contributed by atoms with E-state index in [2.05, 4.69) is 16.4 Å². The van der Waals surface area contributed by atoms with Crippen molar-refractivity contribution in [3.8, 4) is 0 Å². The van der Waals surface area contributed by atoms with E-state index in [1.807, 2.05) is 55.5 Å². The molecule has 0 amide bonds. The van der Waals surface area contributed by atoms with Gasteiger partial charge in [0.25, 0.3) is 0 Å². The van der Waals surface area contributed by atoms with Gasteiger partial charge in [0.05, 0.1) is 6.61 Å². The molecule has 0 spiro atoms. The Bertz CT molecular complexity index is 1240. The SMILES string of the molecule is CCOC(=O)c1oc2ccc(SN(CCc3ccccc3)Cc3ccccc3F)cc2c1C. The van der Waals surface area contributed by atoms with Crippen LogP contribution in [-0.2, 0) is 17.7 Å². The van der Waals surface area contributed by atoms with Crippen LogP contribution >= 0.6 is 11.9 Å². The molecule has 0 atom stereocenters. The molecule has 1 aromatic heterocycles. The first-order chi connectivity index (χ1) is 16.0. The van der Waals surface area contributed by atoms with E-state index in [1.54, 1.807) is 24.9 Å². The molecule has 170 valence electrons. The summed E-state index contributed by atoms with van der Waals surface area (Å²) in [6, 6.07) is 23.0. The number of carbonyl (C=O) groups excluding carboxylic acids is 1. The Morgan fingerprint density at radius 1 is 1.06 bits per heavy atom. The molecule has 0 radical (unpaired) electrons. The highest BCUT2D eigenvalue weighted by molar-refractivity contribution is 7.97. The monoisotopic (exact) mass is 463 g/mol. The summed E-state index contributed by atoms with van der Waals surface area (Å²) in [4.78, 5) is 13.2. The van der Waals surface area contributed by atoms with Crippen LogP contribution in [0.2, 0.25) is 0 Å². The lowest BCUT2D eigenvalue weighted by Crippen LogP contribution is -2.19. The summed E-state index contributed by atoms with van der Waals surface area (Å²) in [5.41, 5.74) is 3.29. The summed E-state index contributed by atoms with van der Waals surface area (Å²) in [5, 5.41) is 0.872. The van der Waals surface area contributed by atoms with Gasteiger partial charge in [0.1, 0.15) is 11.4 Å². The second-order valence-electron chi connectivity index (χ2n) is 7.72. The van der Waals surface area contributed by atoms with Crippen LogP contribution in [0.1, 0.15) is 34.2 Å². The largest absolute Gasteiger partial charge is 0.460 e. The zero-order valence-corrected chi connectivity index (χ0v) is 19.5. The summed E-state index contributed by atoms with van der Waals surface area (Å²) in [6.45, 7) is 5.15. The molecule has 0 saturated heterocycles. The van der Waals surface area contributed by atoms with E-state index >= 15 is 0 Å². The third kappa shape index (κ3) is 5.64. The predicted molar refractivity (Wildman–Crippen MR) is 130 cm³/mol. The van der Waals surface area contributed by atoms with Gasteiger partial charge in [0.15, 0.2) is 0 Å². The molecule has 4 rings (SSSR count). The predicted octanol–water partition coefficient (Wildman–Crippen LogP) is 6.81. The highest BCUT2D eigenvalue weighted by Crippen LogP contribution is 2.32. The van der Waals surface area contributed by atoms with E-state index in [1.165, 1.54) is 11.6 Å². The molecular weight excluding hydrogens is 437 g/mol. The van der Waals surface area contributed by atoms with Gasteiger partial charge in [0.2, 0.25) is 5.76 Å². The summed E-state index contributed by atoms with van der Waals surface area (Å²) in [7, 11) is 0. The Kier molecular flexibility index (Phi) is 7.47. The maximum absolute atomic E-state index is 14.4. The molecule has 4 nitrogen and oxygen atoms in total. The Morgan fingerprint density at radius 2 is 1.82 bits per heavy atom. The van der Waals surface area contributed by atoms with Gasteiger partial charge in [-0.05, 0) is 62.0 Å². The maximum Gasteiger partial charge on any atom is 0.374 e. The van der Waals surface area contributed by atoms with Gasteiger partial charge in [-0.15, -0.1) is 0 Å². The van der Waals surface area contributed by atoms with E-state index < -0.39 is 5.97 Å². The third-order valence-electron chi connectivity index (χ3n) is 5.40. The zero-order chi connectivity index (χ0) is 23.2. The van der Waals surface area contributed by atoms with Crippen LogP contribution in [-0.4, -0.2) is 23.4 Å². The minimum Gasteiger partial charge on any atom is -0.460 e. The standard InChI is InChI=1S/C27H26FNO3S/c1-3-31-27(30)26-19(2)23-17-22(13-14-25(23)32-26)33-29(16-15-20-9-5-4-6-10-20)18-21-11-7-8-12-24(21)28/h4-14,17H,3,15-16,18H2,1-2H3. The fourth-order valence-corrected chi connectivity index (χ4v) is 4.65. The lowest BCUT2D eigenvalue weighted by Gasteiger charge is -2.21. The fraction of sp³-hybridized carbons (Fsp3) is 0.222. The Hall–Kier alpha value is -3.09. The molecule has 1 heterocycles. The number of nitrogens with zero attached hydrogens (tertiary/aromatic N) is 1. The molecule has 0 bridgehead atoms. The summed E-state index contributed by atoms with van der Waals surface area (Å²) in [6.07, 6.45) is 0.849. The van der Waals surface area contributed by atoms with Gasteiger partial charge in [-0.2, -0.15) is 0 Å². The summed E-state index contributed by atoms with van der Waals surface area (Å²) >= 11 is 1.57. The van der Waals surface area contributed by atoms with Crippen LogP contribution in [0.5, 0.6) is 0 Å². The molecule has 0 unspecified atom stereocenters. The van der Waals surface area contributed by atoms with Crippen molar-refractivity contribution in [3.05, 3.63) is 101 Å². The number of esters is 1. The molecule has 6 heteroatoms. The van der Waals surface area contributed by atoms with Crippen LogP contribution in [0, 0.1) is 12.7 Å². The minimum atomic E-state index is -0.454. The van der Waals surface area contributed by atoms with Crippen LogP contribution < -0.4 is 0 Å². The van der Waals surface area contributed by atoms with Gasteiger partial charge < -0.3 is 9.15 Å². The van der Waals surface area contributed by atoms with Gasteiger partial charge in [-0.3, -0.25) is 0 Å². The fourth-order valence-electron chi connectivity index (χ4n) is 3.67. The number of benzene rings is 3. The first kappa shape index (κ1) is 23.1. The van der Waals surface area contributed by atoms with Crippen molar-refractivity contribution in [1.29, 1.82) is 0 Å². The number of halogens is 1. The lowest BCUT2D eigenvalue weighted by molar-refractivity contribution is 0.0491. The van der Waals surface area contributed by atoms with Crippen molar-refractivity contribution < 1.29 is 18.3 Å². The number of carbonyl (C=O) groups is 1. The molecule has 0 aliphatic carbocycles. The molecular formula is C27H26FNO3S. The van der Waals surface area contributed by atoms with Crippen LogP contribution in [0.4, 0.5) is 4.39 Å². The van der Waals surface area contributed by atoms with E-state index in [4.69, 9.17) is 9.15 Å². The van der Waals surface area contributed by atoms with E-state index in [0.717, 1.165) is 28.8 Å². The summed E-state index contributed by atoms with van der Waals surface area (Å²) < 4.78 is 27.4. The maximum atomic E-state index is 14.4. The normalized spacial score (nSPS) is 11.3. The molecule has 0 aliphatic rings. The third-order valence-corrected chi connectivity index (χ3v) is 6.43. The van der Waals surface area contributed by atoms with Gasteiger partial charge in [-0.25, -0.2) is 13.5 Å². The van der Waals surface area contributed by atoms with Crippen molar-refractivity contribution in [2.45, 2.75) is 31.7 Å². The van der Waals surface area contributed by atoms with Crippen molar-refractivity contribution in [2.75, 3.05) is 13.2 Å². The molecule has 0 aliphatic heterocycles. The van der Waals surface area contributed by atoms with Crippen molar-refractivity contribution >= 4 is 28.9 Å². The molecule has 33 heavy (non-hydrogen) atoms. The number of rotatable bonds is 9. The number of furan rings is 1. The van der Waals surface area contributed by atoms with Crippen molar-refractivity contribution in [2.24, 2.45) is 0 Å². The van der Waals surface area contributed by atoms with E-state index in [0.29, 0.717) is 24.3 Å². The molecule has 0 fully saturated rings. The molecule has 4 aromatic rings. The van der Waals surface area contributed by atoms with Crippen LogP contribution in [0.25, 0.3) is 11.0 Å². The first-order valence-corrected chi connectivity index (χ1v) is 11.7. The number of aryl methyl sites for hydroxylation is 1. The zero-order valence-electron chi connectivity index (χ0n) is 18.7. The number of hydrogen-bond acceptors (Lipinski definition) is 5. The van der Waals surface area contributed by atoms with E-state index in [9.17, 15) is 9.18 Å². The average molecular weight is 464 g/mol. The number of hydrogen-bond donors (Lipinski definition) is 0. The topological polar surface area (TPSA) is 42.7 Å². The highest BCUT2D eigenvalue weighted by atomic mass is 32.2. The van der Waals surface area contributed by atoms with Crippen LogP contribution in [0.15, 0.2) is 82.1 Å².